The summed E-state index contributed by atoms with van der Waals surface area (Å²) in [6.45, 7) is 0. The van der Waals surface area contributed by atoms with Gasteiger partial charge in [-0.3, -0.25) is 0 Å². The van der Waals surface area contributed by atoms with Crippen molar-refractivity contribution in [3.8, 4) is 11.4 Å². The van der Waals surface area contributed by atoms with E-state index in [1.54, 1.807) is 0 Å². The minimum atomic E-state index is 0.0955. The Bertz CT molecular complexity index is 572. The first kappa shape index (κ1) is 11.5. The highest BCUT2D eigenvalue weighted by Crippen LogP contribution is 2.57. The molecule has 5 heteroatoms. The molecule has 1 aliphatic carbocycles. The van der Waals surface area contributed by atoms with Crippen LogP contribution in [-0.4, -0.2) is 15.9 Å². The molecule has 0 radical (unpaired) electrons. The van der Waals surface area contributed by atoms with Crippen LogP contribution < -0.4 is 11.6 Å². The molecule has 1 saturated carbocycles. The molecule has 0 saturated heterocycles. The third-order valence-electron chi connectivity index (χ3n) is 3.51. The Balaban J connectivity index is 2.11. The van der Waals surface area contributed by atoms with Crippen LogP contribution in [0.5, 0.6) is 0 Å². The molecule has 4 N–H and O–H groups in total. The van der Waals surface area contributed by atoms with Gasteiger partial charge in [0.05, 0.1) is 4.75 Å². The molecule has 3 rings (SSSR count). The van der Waals surface area contributed by atoms with Crippen molar-refractivity contribution < 1.29 is 0 Å². The van der Waals surface area contributed by atoms with Crippen LogP contribution in [0.15, 0.2) is 30.3 Å². The zero-order valence-corrected chi connectivity index (χ0v) is 11.1. The summed E-state index contributed by atoms with van der Waals surface area (Å²) in [5, 5.41) is 0. The van der Waals surface area contributed by atoms with Gasteiger partial charge in [-0.15, -0.1) is 0 Å². The molecule has 1 heterocycles. The van der Waals surface area contributed by atoms with Gasteiger partial charge in [-0.25, -0.2) is 9.66 Å². The van der Waals surface area contributed by atoms with E-state index in [2.05, 4.69) is 11.2 Å². The summed E-state index contributed by atoms with van der Waals surface area (Å²) in [5.41, 5.74) is 8.04. The normalized spacial score (nSPS) is 16.7. The number of thioether (sulfide) groups is 1. The average Bonchev–Trinajstić information content (AvgIpc) is 3.15. The van der Waals surface area contributed by atoms with E-state index in [1.807, 2.05) is 42.1 Å². The lowest BCUT2D eigenvalue weighted by Gasteiger charge is -2.09. The minimum Gasteiger partial charge on any atom is -0.382 e. The zero-order valence-electron chi connectivity index (χ0n) is 10.3. The average molecular weight is 260 g/mol. The van der Waals surface area contributed by atoms with E-state index in [9.17, 15) is 0 Å². The Kier molecular flexibility index (Phi) is 2.52. The Morgan fingerprint density at radius 1 is 1.28 bits per heavy atom. The maximum absolute atomic E-state index is 6.10. The molecule has 0 bridgehead atoms. The monoisotopic (exact) mass is 260 g/mol. The number of rotatable bonds is 3. The molecule has 1 aromatic carbocycles. The predicted molar refractivity (Wildman–Crippen MR) is 76.7 cm³/mol. The van der Waals surface area contributed by atoms with Crippen LogP contribution in [0.3, 0.4) is 0 Å². The summed E-state index contributed by atoms with van der Waals surface area (Å²) in [5.74, 6) is 7.36. The molecular formula is C13H16N4S. The largest absolute Gasteiger partial charge is 0.382 e. The first-order valence-electron chi connectivity index (χ1n) is 5.92. The quantitative estimate of drug-likeness (QED) is 0.830. The zero-order chi connectivity index (χ0) is 12.8. The standard InChI is InChI=1S/C13H16N4S/c1-18-13(7-8-13)10-11(14)17(15)12(16-10)9-5-3-2-4-6-9/h2-6H,7-8,14-15H2,1H3. The maximum atomic E-state index is 6.10. The number of nitrogens with two attached hydrogens (primary N) is 2. The van der Waals surface area contributed by atoms with E-state index in [4.69, 9.17) is 11.6 Å². The highest BCUT2D eigenvalue weighted by Gasteiger charge is 2.48. The van der Waals surface area contributed by atoms with E-state index in [0.29, 0.717) is 5.82 Å². The number of nitrogens with zero attached hydrogens (tertiary/aromatic N) is 2. The number of anilines is 1. The van der Waals surface area contributed by atoms with Gasteiger partial charge in [0, 0.05) is 5.56 Å². The molecule has 4 nitrogen and oxygen atoms in total. The molecule has 0 spiro atoms. The molecule has 1 aromatic heterocycles. The van der Waals surface area contributed by atoms with E-state index in [-0.39, 0.29) is 4.75 Å². The fraction of sp³-hybridized carbons (Fsp3) is 0.308. The van der Waals surface area contributed by atoms with Crippen molar-refractivity contribution >= 4 is 17.6 Å². The van der Waals surface area contributed by atoms with E-state index < -0.39 is 0 Å². The van der Waals surface area contributed by atoms with Crippen LogP contribution in [0, 0.1) is 0 Å². The van der Waals surface area contributed by atoms with Gasteiger partial charge in [-0.1, -0.05) is 30.3 Å². The van der Waals surface area contributed by atoms with Gasteiger partial charge in [0.1, 0.15) is 11.5 Å². The molecule has 94 valence electrons. The van der Waals surface area contributed by atoms with E-state index >= 15 is 0 Å². The van der Waals surface area contributed by atoms with Gasteiger partial charge >= 0.3 is 0 Å². The molecule has 1 fully saturated rings. The fourth-order valence-corrected chi connectivity index (χ4v) is 3.08. The van der Waals surface area contributed by atoms with Crippen molar-refractivity contribution in [3.63, 3.8) is 0 Å². The lowest BCUT2D eigenvalue weighted by molar-refractivity contribution is 0.978. The summed E-state index contributed by atoms with van der Waals surface area (Å²) >= 11 is 1.81. The summed E-state index contributed by atoms with van der Waals surface area (Å²) < 4.78 is 1.60. The first-order valence-corrected chi connectivity index (χ1v) is 7.15. The van der Waals surface area contributed by atoms with Crippen molar-refractivity contribution in [2.75, 3.05) is 17.8 Å². The van der Waals surface area contributed by atoms with Gasteiger partial charge in [0.25, 0.3) is 0 Å². The number of nitrogen functional groups attached to an aromatic ring is 2. The SMILES string of the molecule is CSC1(c2nc(-c3ccccc3)n(N)c2N)CC1. The summed E-state index contributed by atoms with van der Waals surface area (Å²) in [4.78, 5) is 4.68. The van der Waals surface area contributed by atoms with Crippen LogP contribution in [0.2, 0.25) is 0 Å². The second-order valence-corrected chi connectivity index (χ2v) is 5.79. The second-order valence-electron chi connectivity index (χ2n) is 4.60. The van der Waals surface area contributed by atoms with Crippen LogP contribution >= 0.6 is 11.8 Å². The topological polar surface area (TPSA) is 69.9 Å². The van der Waals surface area contributed by atoms with E-state index in [1.165, 1.54) is 4.68 Å². The molecule has 0 atom stereocenters. The van der Waals surface area contributed by atoms with Gasteiger partial charge in [-0.05, 0) is 19.1 Å². The Hall–Kier alpha value is -1.62. The maximum Gasteiger partial charge on any atom is 0.160 e. The van der Waals surface area contributed by atoms with Crippen molar-refractivity contribution in [2.24, 2.45) is 0 Å². The van der Waals surface area contributed by atoms with Crippen LogP contribution in [-0.2, 0) is 4.75 Å². The van der Waals surface area contributed by atoms with Crippen molar-refractivity contribution in [2.45, 2.75) is 17.6 Å². The number of imidazole rings is 1. The van der Waals surface area contributed by atoms with Crippen molar-refractivity contribution in [1.29, 1.82) is 0 Å². The summed E-state index contributed by atoms with van der Waals surface area (Å²) in [6.07, 6.45) is 4.36. The highest BCUT2D eigenvalue weighted by atomic mass is 32.2. The van der Waals surface area contributed by atoms with Gasteiger partial charge in [-0.2, -0.15) is 11.8 Å². The second kappa shape index (κ2) is 3.95. The Morgan fingerprint density at radius 3 is 2.50 bits per heavy atom. The van der Waals surface area contributed by atoms with Crippen LogP contribution in [0.4, 0.5) is 5.82 Å². The lowest BCUT2D eigenvalue weighted by Crippen LogP contribution is -2.14. The highest BCUT2D eigenvalue weighted by molar-refractivity contribution is 7.99. The minimum absolute atomic E-state index is 0.0955. The third-order valence-corrected chi connectivity index (χ3v) is 4.89. The number of hydrogen-bond donors (Lipinski definition) is 2. The van der Waals surface area contributed by atoms with Gasteiger partial charge in [0.15, 0.2) is 5.82 Å². The van der Waals surface area contributed by atoms with Gasteiger partial charge < -0.3 is 11.6 Å². The predicted octanol–water partition coefficient (Wildman–Crippen LogP) is 2.20. The molecule has 0 unspecified atom stereocenters. The molecule has 0 amide bonds. The number of aromatic nitrogens is 2. The first-order chi connectivity index (χ1) is 8.68. The van der Waals surface area contributed by atoms with E-state index in [0.717, 1.165) is 29.9 Å². The van der Waals surface area contributed by atoms with Crippen LogP contribution in [0.25, 0.3) is 11.4 Å². The summed E-state index contributed by atoms with van der Waals surface area (Å²) in [7, 11) is 0. The Labute approximate surface area is 110 Å². The summed E-state index contributed by atoms with van der Waals surface area (Å²) in [6, 6.07) is 9.91. The fourth-order valence-electron chi connectivity index (χ4n) is 2.22. The molecule has 0 aliphatic heterocycles. The number of hydrogen-bond acceptors (Lipinski definition) is 4. The Morgan fingerprint density at radius 2 is 1.94 bits per heavy atom. The van der Waals surface area contributed by atoms with Gasteiger partial charge in [0.2, 0.25) is 0 Å². The molecule has 1 aliphatic rings. The lowest BCUT2D eigenvalue weighted by atomic mass is 10.2. The molecule has 2 aromatic rings. The smallest absolute Gasteiger partial charge is 0.160 e. The molecular weight excluding hydrogens is 244 g/mol. The third kappa shape index (κ3) is 1.58. The molecule has 18 heavy (non-hydrogen) atoms. The van der Waals surface area contributed by atoms with Crippen LogP contribution in [0.1, 0.15) is 18.5 Å². The van der Waals surface area contributed by atoms with Crippen molar-refractivity contribution in [1.82, 2.24) is 9.66 Å². The van der Waals surface area contributed by atoms with Crippen molar-refractivity contribution in [3.05, 3.63) is 36.0 Å². The number of benzene rings is 1.